The van der Waals surface area contributed by atoms with Crippen LogP contribution in [0.1, 0.15) is 16.5 Å². The third-order valence-corrected chi connectivity index (χ3v) is 5.24. The Balaban J connectivity index is 1.79. The molecule has 1 unspecified atom stereocenters. The molecular formula is C18H15ClFNOS. The predicted molar refractivity (Wildman–Crippen MR) is 93.8 cm³/mol. The van der Waals surface area contributed by atoms with E-state index in [-0.39, 0.29) is 17.1 Å². The number of rotatable bonds is 3. The smallest absolute Gasteiger partial charge is 0.247 e. The molecule has 5 heteroatoms. The van der Waals surface area contributed by atoms with Gasteiger partial charge in [0.25, 0.3) is 0 Å². The van der Waals surface area contributed by atoms with Gasteiger partial charge in [-0.15, -0.1) is 11.8 Å². The van der Waals surface area contributed by atoms with E-state index in [2.05, 4.69) is 0 Å². The van der Waals surface area contributed by atoms with Crippen LogP contribution in [-0.4, -0.2) is 23.1 Å². The minimum Gasteiger partial charge on any atom is -0.322 e. The first-order valence-electron chi connectivity index (χ1n) is 7.26. The van der Waals surface area contributed by atoms with Crippen molar-refractivity contribution in [2.45, 2.75) is 5.37 Å². The fourth-order valence-corrected chi connectivity index (χ4v) is 4.10. The lowest BCUT2D eigenvalue weighted by Crippen LogP contribution is -2.28. The summed E-state index contributed by atoms with van der Waals surface area (Å²) in [6, 6.07) is 13.9. The number of amides is 1. The number of benzene rings is 2. The Morgan fingerprint density at radius 3 is 2.74 bits per heavy atom. The van der Waals surface area contributed by atoms with Gasteiger partial charge in [-0.05, 0) is 18.2 Å². The van der Waals surface area contributed by atoms with Crippen molar-refractivity contribution >= 4 is 35.3 Å². The Hall–Kier alpha value is -1.78. The molecule has 118 valence electrons. The molecule has 2 nitrogen and oxygen atoms in total. The molecule has 23 heavy (non-hydrogen) atoms. The molecule has 2 aromatic rings. The van der Waals surface area contributed by atoms with E-state index < -0.39 is 0 Å². The van der Waals surface area contributed by atoms with E-state index in [9.17, 15) is 9.18 Å². The maximum atomic E-state index is 13.6. The Kier molecular flexibility index (Phi) is 5.03. The van der Waals surface area contributed by atoms with Crippen molar-refractivity contribution in [3.05, 3.63) is 76.6 Å². The van der Waals surface area contributed by atoms with Gasteiger partial charge in [0.2, 0.25) is 5.91 Å². The Bertz CT molecular complexity index is 749. The van der Waals surface area contributed by atoms with E-state index in [1.54, 1.807) is 34.9 Å². The summed E-state index contributed by atoms with van der Waals surface area (Å²) in [6.45, 7) is 0.654. The van der Waals surface area contributed by atoms with Crippen molar-refractivity contribution in [1.29, 1.82) is 0 Å². The van der Waals surface area contributed by atoms with Crippen LogP contribution >= 0.6 is 23.4 Å². The van der Waals surface area contributed by atoms with E-state index in [1.807, 2.05) is 24.3 Å². The zero-order valence-electron chi connectivity index (χ0n) is 12.3. The largest absolute Gasteiger partial charge is 0.322 e. The first kappa shape index (κ1) is 16.1. The van der Waals surface area contributed by atoms with Crippen molar-refractivity contribution in [3.63, 3.8) is 0 Å². The predicted octanol–water partition coefficient (Wildman–Crippen LogP) is 4.77. The van der Waals surface area contributed by atoms with Crippen LogP contribution in [0.2, 0.25) is 5.02 Å². The van der Waals surface area contributed by atoms with Gasteiger partial charge in [-0.3, -0.25) is 4.79 Å². The standard InChI is InChI=1S/C18H15ClFNOS/c19-15-7-3-2-6-14(15)18-21(11-12-23-18)17(22)10-9-13-5-1-4-8-16(13)20/h1-10,18H,11-12H2/b10-9+. The van der Waals surface area contributed by atoms with Gasteiger partial charge < -0.3 is 4.90 Å². The molecule has 0 N–H and O–H groups in total. The summed E-state index contributed by atoms with van der Waals surface area (Å²) in [7, 11) is 0. The number of carbonyl (C=O) groups is 1. The van der Waals surface area contributed by atoms with E-state index in [0.29, 0.717) is 17.1 Å². The number of carbonyl (C=O) groups excluding carboxylic acids is 1. The average Bonchev–Trinajstić information content (AvgIpc) is 3.04. The Morgan fingerprint density at radius 1 is 1.22 bits per heavy atom. The Morgan fingerprint density at radius 2 is 1.96 bits per heavy atom. The number of halogens is 2. The van der Waals surface area contributed by atoms with Gasteiger partial charge in [0.1, 0.15) is 11.2 Å². The van der Waals surface area contributed by atoms with E-state index in [4.69, 9.17) is 11.6 Å². The zero-order chi connectivity index (χ0) is 16.2. The molecular weight excluding hydrogens is 333 g/mol. The van der Waals surface area contributed by atoms with Gasteiger partial charge in [-0.2, -0.15) is 0 Å². The molecule has 0 aliphatic carbocycles. The first-order chi connectivity index (χ1) is 11.2. The topological polar surface area (TPSA) is 20.3 Å². The van der Waals surface area contributed by atoms with Gasteiger partial charge >= 0.3 is 0 Å². The van der Waals surface area contributed by atoms with Crippen LogP contribution in [0.4, 0.5) is 4.39 Å². The minimum absolute atomic E-state index is 0.0959. The van der Waals surface area contributed by atoms with E-state index in [1.165, 1.54) is 18.2 Å². The first-order valence-corrected chi connectivity index (χ1v) is 8.69. The summed E-state index contributed by atoms with van der Waals surface area (Å²) in [5, 5.41) is 0.559. The monoisotopic (exact) mass is 347 g/mol. The summed E-state index contributed by atoms with van der Waals surface area (Å²) in [6.07, 6.45) is 2.94. The van der Waals surface area contributed by atoms with Gasteiger partial charge in [0, 0.05) is 34.5 Å². The molecule has 1 aliphatic rings. The second kappa shape index (κ2) is 7.20. The summed E-state index contributed by atoms with van der Waals surface area (Å²) in [5.74, 6) is 0.382. The Labute approximate surface area is 143 Å². The average molecular weight is 348 g/mol. The van der Waals surface area contributed by atoms with Crippen LogP contribution in [0.15, 0.2) is 54.6 Å². The SMILES string of the molecule is O=C(/C=C/c1ccccc1F)N1CCSC1c1ccccc1Cl. The molecule has 0 bridgehead atoms. The summed E-state index contributed by atoms with van der Waals surface area (Å²) in [4.78, 5) is 14.3. The quantitative estimate of drug-likeness (QED) is 0.746. The maximum absolute atomic E-state index is 13.6. The summed E-state index contributed by atoms with van der Waals surface area (Å²) < 4.78 is 13.6. The second-order valence-corrected chi connectivity index (χ2v) is 6.73. The summed E-state index contributed by atoms with van der Waals surface area (Å²) in [5.41, 5.74) is 1.34. The van der Waals surface area contributed by atoms with Gasteiger partial charge in [-0.25, -0.2) is 4.39 Å². The highest BCUT2D eigenvalue weighted by Crippen LogP contribution is 2.40. The molecule has 1 heterocycles. The van der Waals surface area contributed by atoms with Crippen LogP contribution in [0.3, 0.4) is 0 Å². The molecule has 1 amide bonds. The minimum atomic E-state index is -0.338. The number of hydrogen-bond acceptors (Lipinski definition) is 2. The molecule has 2 aromatic carbocycles. The lowest BCUT2D eigenvalue weighted by molar-refractivity contribution is -0.126. The molecule has 3 rings (SSSR count). The third kappa shape index (κ3) is 3.59. The molecule has 1 atom stereocenters. The molecule has 1 saturated heterocycles. The highest BCUT2D eigenvalue weighted by molar-refractivity contribution is 7.99. The van der Waals surface area contributed by atoms with Gasteiger partial charge in [-0.1, -0.05) is 48.0 Å². The fourth-order valence-electron chi connectivity index (χ4n) is 2.50. The van der Waals surface area contributed by atoms with Crippen molar-refractivity contribution in [2.75, 3.05) is 12.3 Å². The summed E-state index contributed by atoms with van der Waals surface area (Å²) >= 11 is 7.93. The third-order valence-electron chi connectivity index (χ3n) is 3.66. The lowest BCUT2D eigenvalue weighted by Gasteiger charge is -2.23. The van der Waals surface area contributed by atoms with Crippen LogP contribution in [0.25, 0.3) is 6.08 Å². The lowest BCUT2D eigenvalue weighted by atomic mass is 10.2. The van der Waals surface area contributed by atoms with Crippen molar-refractivity contribution < 1.29 is 9.18 Å². The number of hydrogen-bond donors (Lipinski definition) is 0. The van der Waals surface area contributed by atoms with Crippen molar-refractivity contribution in [2.24, 2.45) is 0 Å². The van der Waals surface area contributed by atoms with E-state index >= 15 is 0 Å². The van der Waals surface area contributed by atoms with Crippen LogP contribution in [0, 0.1) is 5.82 Å². The van der Waals surface area contributed by atoms with Crippen LogP contribution in [0.5, 0.6) is 0 Å². The highest BCUT2D eigenvalue weighted by Gasteiger charge is 2.30. The molecule has 0 saturated carbocycles. The van der Waals surface area contributed by atoms with Crippen LogP contribution in [-0.2, 0) is 4.79 Å². The van der Waals surface area contributed by atoms with Crippen molar-refractivity contribution in [1.82, 2.24) is 4.90 Å². The maximum Gasteiger partial charge on any atom is 0.247 e. The fraction of sp³-hybridized carbons (Fsp3) is 0.167. The number of thioether (sulfide) groups is 1. The molecule has 1 fully saturated rings. The molecule has 1 aliphatic heterocycles. The normalized spacial score (nSPS) is 17.8. The highest BCUT2D eigenvalue weighted by atomic mass is 35.5. The zero-order valence-corrected chi connectivity index (χ0v) is 13.9. The van der Waals surface area contributed by atoms with E-state index in [0.717, 1.165) is 11.3 Å². The molecule has 0 aromatic heterocycles. The number of nitrogens with zero attached hydrogens (tertiary/aromatic N) is 1. The second-order valence-electron chi connectivity index (χ2n) is 5.13. The van der Waals surface area contributed by atoms with Crippen molar-refractivity contribution in [3.8, 4) is 0 Å². The van der Waals surface area contributed by atoms with Crippen LogP contribution < -0.4 is 0 Å². The molecule has 0 radical (unpaired) electrons. The molecule has 0 spiro atoms. The van der Waals surface area contributed by atoms with Gasteiger partial charge in [0.05, 0.1) is 0 Å². The van der Waals surface area contributed by atoms with Gasteiger partial charge in [0.15, 0.2) is 0 Å².